The molecule has 3 N–H and O–H groups in total. The van der Waals surface area contributed by atoms with Crippen molar-refractivity contribution in [3.05, 3.63) is 38.9 Å². The first kappa shape index (κ1) is 10.5. The van der Waals surface area contributed by atoms with Crippen LogP contribution >= 0.6 is 0 Å². The number of nitrogen functional groups attached to an aromatic ring is 1. The van der Waals surface area contributed by atoms with Crippen LogP contribution in [-0.4, -0.2) is 9.78 Å². The highest BCUT2D eigenvalue weighted by atomic mass is 16.2. The van der Waals surface area contributed by atoms with E-state index >= 15 is 0 Å². The van der Waals surface area contributed by atoms with Crippen LogP contribution in [0.3, 0.4) is 0 Å². The number of hydrogen-bond acceptors (Lipinski definition) is 3. The molecule has 0 saturated heterocycles. The Balaban J connectivity index is 3.03. The molecular weight excluding hydrogens is 206 g/mol. The SMILES string of the molecule is CC(C)n1[nH]c(=O)c2c(N)cccc2c1=O. The molecule has 5 heteroatoms. The summed E-state index contributed by atoms with van der Waals surface area (Å²) in [6.07, 6.45) is 0. The smallest absolute Gasteiger partial charge is 0.273 e. The summed E-state index contributed by atoms with van der Waals surface area (Å²) in [5.74, 6) is 0. The summed E-state index contributed by atoms with van der Waals surface area (Å²) < 4.78 is 1.31. The van der Waals surface area contributed by atoms with Crippen LogP contribution in [0.4, 0.5) is 5.69 Å². The summed E-state index contributed by atoms with van der Waals surface area (Å²) in [5, 5.41) is 3.15. The molecule has 1 heterocycles. The van der Waals surface area contributed by atoms with E-state index in [9.17, 15) is 9.59 Å². The van der Waals surface area contributed by atoms with Crippen molar-refractivity contribution in [3.63, 3.8) is 0 Å². The quantitative estimate of drug-likeness (QED) is 0.698. The van der Waals surface area contributed by atoms with Gasteiger partial charge < -0.3 is 5.73 Å². The van der Waals surface area contributed by atoms with Crippen molar-refractivity contribution >= 4 is 16.5 Å². The standard InChI is InChI=1S/C11H13N3O2/c1-6(2)14-11(16)7-4-3-5-8(12)9(7)10(15)13-14/h3-6H,12H2,1-2H3,(H,13,15). The van der Waals surface area contributed by atoms with E-state index in [2.05, 4.69) is 5.10 Å². The zero-order valence-corrected chi connectivity index (χ0v) is 9.15. The van der Waals surface area contributed by atoms with Crippen LogP contribution in [0.15, 0.2) is 27.8 Å². The summed E-state index contributed by atoms with van der Waals surface area (Å²) in [6, 6.07) is 4.80. The van der Waals surface area contributed by atoms with Gasteiger partial charge in [0, 0.05) is 11.7 Å². The first-order valence-electron chi connectivity index (χ1n) is 5.05. The fraction of sp³-hybridized carbons (Fsp3) is 0.273. The van der Waals surface area contributed by atoms with Crippen molar-refractivity contribution in [1.29, 1.82) is 0 Å². The molecular formula is C11H13N3O2. The molecule has 0 unspecified atom stereocenters. The number of rotatable bonds is 1. The highest BCUT2D eigenvalue weighted by molar-refractivity contribution is 5.91. The number of H-pyrrole nitrogens is 1. The second-order valence-corrected chi connectivity index (χ2v) is 3.98. The Morgan fingerprint density at radius 3 is 2.62 bits per heavy atom. The highest BCUT2D eigenvalue weighted by Crippen LogP contribution is 2.13. The second-order valence-electron chi connectivity index (χ2n) is 3.98. The van der Waals surface area contributed by atoms with Gasteiger partial charge in [0.15, 0.2) is 0 Å². The summed E-state index contributed by atoms with van der Waals surface area (Å²) in [4.78, 5) is 23.8. The third kappa shape index (κ3) is 1.41. The molecule has 0 aliphatic heterocycles. The molecule has 0 saturated carbocycles. The van der Waals surface area contributed by atoms with Crippen molar-refractivity contribution < 1.29 is 0 Å². The van der Waals surface area contributed by atoms with Crippen LogP contribution < -0.4 is 16.9 Å². The first-order chi connectivity index (χ1) is 7.52. The Morgan fingerprint density at radius 2 is 2.00 bits per heavy atom. The van der Waals surface area contributed by atoms with Gasteiger partial charge in [-0.3, -0.25) is 14.7 Å². The maximum atomic E-state index is 12.0. The molecule has 16 heavy (non-hydrogen) atoms. The maximum absolute atomic E-state index is 12.0. The Bertz CT molecular complexity index is 652. The van der Waals surface area contributed by atoms with E-state index in [0.717, 1.165) is 0 Å². The number of fused-ring (bicyclic) bond motifs is 1. The zero-order valence-electron chi connectivity index (χ0n) is 9.15. The van der Waals surface area contributed by atoms with E-state index in [0.29, 0.717) is 11.1 Å². The van der Waals surface area contributed by atoms with Crippen LogP contribution in [0.2, 0.25) is 0 Å². The molecule has 0 atom stereocenters. The van der Waals surface area contributed by atoms with Gasteiger partial charge in [-0.05, 0) is 26.0 Å². The minimum Gasteiger partial charge on any atom is -0.398 e. The zero-order chi connectivity index (χ0) is 11.9. The predicted molar refractivity (Wildman–Crippen MR) is 63.6 cm³/mol. The van der Waals surface area contributed by atoms with Crippen molar-refractivity contribution in [1.82, 2.24) is 9.78 Å². The lowest BCUT2D eigenvalue weighted by atomic mass is 10.1. The number of anilines is 1. The number of nitrogens with zero attached hydrogens (tertiary/aromatic N) is 1. The molecule has 0 aliphatic rings. The third-order valence-corrected chi connectivity index (χ3v) is 2.51. The van der Waals surface area contributed by atoms with Gasteiger partial charge in [-0.25, -0.2) is 4.68 Å². The molecule has 1 aromatic heterocycles. The van der Waals surface area contributed by atoms with Crippen LogP contribution in [-0.2, 0) is 0 Å². The van der Waals surface area contributed by atoms with Gasteiger partial charge in [0.25, 0.3) is 11.1 Å². The van der Waals surface area contributed by atoms with Gasteiger partial charge in [0.1, 0.15) is 0 Å². The van der Waals surface area contributed by atoms with Crippen LogP contribution in [0.25, 0.3) is 10.8 Å². The predicted octanol–water partition coefficient (Wildman–Crippen LogP) is 0.853. The van der Waals surface area contributed by atoms with Crippen LogP contribution in [0.5, 0.6) is 0 Å². The lowest BCUT2D eigenvalue weighted by molar-refractivity contribution is 0.502. The van der Waals surface area contributed by atoms with Gasteiger partial charge in [-0.1, -0.05) is 6.07 Å². The lowest BCUT2D eigenvalue weighted by Gasteiger charge is -2.10. The third-order valence-electron chi connectivity index (χ3n) is 2.51. The van der Waals surface area contributed by atoms with Gasteiger partial charge in [0.05, 0.1) is 10.8 Å². The van der Waals surface area contributed by atoms with E-state index in [1.165, 1.54) is 4.68 Å². The largest absolute Gasteiger partial charge is 0.398 e. The van der Waals surface area contributed by atoms with Gasteiger partial charge >= 0.3 is 0 Å². The van der Waals surface area contributed by atoms with E-state index in [-0.39, 0.29) is 22.5 Å². The number of benzene rings is 1. The average molecular weight is 219 g/mol. The summed E-state index contributed by atoms with van der Waals surface area (Å²) >= 11 is 0. The topological polar surface area (TPSA) is 80.9 Å². The number of aromatic nitrogens is 2. The Morgan fingerprint density at radius 1 is 1.31 bits per heavy atom. The number of hydrogen-bond donors (Lipinski definition) is 2. The molecule has 0 radical (unpaired) electrons. The van der Waals surface area contributed by atoms with E-state index in [1.54, 1.807) is 18.2 Å². The monoisotopic (exact) mass is 219 g/mol. The normalized spacial score (nSPS) is 11.2. The molecule has 0 bridgehead atoms. The highest BCUT2D eigenvalue weighted by Gasteiger charge is 2.10. The van der Waals surface area contributed by atoms with E-state index in [1.807, 2.05) is 13.8 Å². The van der Waals surface area contributed by atoms with E-state index < -0.39 is 0 Å². The van der Waals surface area contributed by atoms with Crippen molar-refractivity contribution in [2.24, 2.45) is 0 Å². The van der Waals surface area contributed by atoms with Crippen LogP contribution in [0, 0.1) is 0 Å². The van der Waals surface area contributed by atoms with Gasteiger partial charge in [0.2, 0.25) is 0 Å². The summed E-state index contributed by atoms with van der Waals surface area (Å²) in [7, 11) is 0. The van der Waals surface area contributed by atoms with Gasteiger partial charge in [-0.2, -0.15) is 0 Å². The molecule has 5 nitrogen and oxygen atoms in total. The molecule has 2 rings (SSSR count). The minimum absolute atomic E-state index is 0.0916. The van der Waals surface area contributed by atoms with Gasteiger partial charge in [-0.15, -0.1) is 0 Å². The minimum atomic E-state index is -0.332. The Hall–Kier alpha value is -2.04. The van der Waals surface area contributed by atoms with Crippen molar-refractivity contribution in [2.75, 3.05) is 5.73 Å². The van der Waals surface area contributed by atoms with Crippen molar-refractivity contribution in [3.8, 4) is 0 Å². The fourth-order valence-electron chi connectivity index (χ4n) is 1.71. The number of nitrogens with one attached hydrogen (secondary N) is 1. The number of nitrogens with two attached hydrogens (primary N) is 1. The molecule has 2 aromatic rings. The fourth-order valence-corrected chi connectivity index (χ4v) is 1.71. The van der Waals surface area contributed by atoms with E-state index in [4.69, 9.17) is 5.73 Å². The Kier molecular flexibility index (Phi) is 2.30. The summed E-state index contributed by atoms with van der Waals surface area (Å²) in [5.41, 5.74) is 5.45. The molecule has 84 valence electrons. The molecule has 1 aromatic carbocycles. The average Bonchev–Trinajstić information content (AvgIpc) is 2.22. The second kappa shape index (κ2) is 3.52. The molecule has 0 fully saturated rings. The van der Waals surface area contributed by atoms with Crippen molar-refractivity contribution in [2.45, 2.75) is 19.9 Å². The number of aromatic amines is 1. The maximum Gasteiger partial charge on any atom is 0.273 e. The Labute approximate surface area is 91.5 Å². The molecule has 0 spiro atoms. The molecule has 0 amide bonds. The lowest BCUT2D eigenvalue weighted by Crippen LogP contribution is -2.31. The first-order valence-corrected chi connectivity index (χ1v) is 5.05. The van der Waals surface area contributed by atoms with Crippen LogP contribution in [0.1, 0.15) is 19.9 Å². The molecule has 0 aliphatic carbocycles. The summed E-state index contributed by atoms with van der Waals surface area (Å²) in [6.45, 7) is 3.66.